The number of nitrogens with one attached hydrogen (secondary N) is 1. The monoisotopic (exact) mass is 318 g/mol. The molecule has 0 unspecified atom stereocenters. The molecule has 21 heavy (non-hydrogen) atoms. The van der Waals surface area contributed by atoms with Crippen molar-refractivity contribution in [2.45, 2.75) is 19.5 Å². The van der Waals surface area contributed by atoms with Crippen molar-refractivity contribution in [3.05, 3.63) is 34.5 Å². The van der Waals surface area contributed by atoms with Crippen LogP contribution in [0, 0.1) is 0 Å². The van der Waals surface area contributed by atoms with Crippen LogP contribution in [0.5, 0.6) is 0 Å². The number of rotatable bonds is 3. The molecular weight excluding hydrogens is 305 g/mol. The van der Waals surface area contributed by atoms with Gasteiger partial charge in [-0.2, -0.15) is 18.3 Å². The number of hydrogen-bond donors (Lipinski definition) is 2. The van der Waals surface area contributed by atoms with Crippen molar-refractivity contribution in [3.63, 3.8) is 0 Å². The number of aromatic nitrogens is 2. The van der Waals surface area contributed by atoms with Crippen LogP contribution < -0.4 is 11.1 Å². The average Bonchev–Trinajstić information content (AvgIpc) is 2.67. The van der Waals surface area contributed by atoms with Gasteiger partial charge in [-0.25, -0.2) is 0 Å². The van der Waals surface area contributed by atoms with Crippen molar-refractivity contribution >= 4 is 28.8 Å². The van der Waals surface area contributed by atoms with E-state index in [1.165, 1.54) is 10.7 Å². The van der Waals surface area contributed by atoms with Gasteiger partial charge in [0, 0.05) is 7.05 Å². The minimum atomic E-state index is -4.44. The van der Waals surface area contributed by atoms with Crippen LogP contribution in [0.1, 0.15) is 18.2 Å². The van der Waals surface area contributed by atoms with E-state index in [0.29, 0.717) is 23.6 Å². The lowest BCUT2D eigenvalue weighted by Crippen LogP contribution is -2.07. The molecule has 0 saturated heterocycles. The van der Waals surface area contributed by atoms with Crippen molar-refractivity contribution < 1.29 is 13.2 Å². The molecule has 0 aliphatic heterocycles. The van der Waals surface area contributed by atoms with Gasteiger partial charge in [0.1, 0.15) is 0 Å². The van der Waals surface area contributed by atoms with E-state index in [1.807, 2.05) is 6.92 Å². The zero-order valence-electron chi connectivity index (χ0n) is 11.4. The molecule has 0 aliphatic carbocycles. The molecule has 8 heteroatoms. The highest BCUT2D eigenvalue weighted by Crippen LogP contribution is 2.36. The number of nitrogen functional groups attached to an aromatic ring is 1. The number of anilines is 3. The maximum atomic E-state index is 12.7. The lowest BCUT2D eigenvalue weighted by Gasteiger charge is -2.13. The average molecular weight is 319 g/mol. The van der Waals surface area contributed by atoms with E-state index in [-0.39, 0.29) is 10.7 Å². The molecule has 3 N–H and O–H groups in total. The molecule has 1 heterocycles. The molecule has 1 aromatic carbocycles. The Hall–Kier alpha value is -1.89. The summed E-state index contributed by atoms with van der Waals surface area (Å²) in [5.41, 5.74) is 6.33. The number of benzene rings is 1. The Morgan fingerprint density at radius 3 is 2.57 bits per heavy atom. The number of nitrogens with zero attached hydrogens (tertiary/aromatic N) is 2. The van der Waals surface area contributed by atoms with E-state index in [2.05, 4.69) is 10.4 Å². The fraction of sp³-hybridized carbons (Fsp3) is 0.308. The van der Waals surface area contributed by atoms with Gasteiger partial charge in [-0.15, -0.1) is 0 Å². The van der Waals surface area contributed by atoms with Crippen molar-refractivity contribution in [3.8, 4) is 0 Å². The van der Waals surface area contributed by atoms with Gasteiger partial charge in [-0.05, 0) is 24.6 Å². The van der Waals surface area contributed by atoms with Crippen molar-refractivity contribution in [1.82, 2.24) is 9.78 Å². The third-order valence-corrected chi connectivity index (χ3v) is 3.37. The molecule has 2 rings (SSSR count). The molecule has 1 aromatic heterocycles. The highest BCUT2D eigenvalue weighted by molar-refractivity contribution is 6.33. The summed E-state index contributed by atoms with van der Waals surface area (Å²) in [7, 11) is 1.65. The fourth-order valence-corrected chi connectivity index (χ4v) is 2.10. The molecule has 0 aliphatic rings. The summed E-state index contributed by atoms with van der Waals surface area (Å²) in [6.45, 7) is 1.89. The van der Waals surface area contributed by atoms with Gasteiger partial charge in [0.15, 0.2) is 5.82 Å². The smallest absolute Gasteiger partial charge is 0.394 e. The van der Waals surface area contributed by atoms with Gasteiger partial charge in [-0.3, -0.25) is 4.68 Å². The Labute approximate surface area is 124 Å². The first-order valence-electron chi connectivity index (χ1n) is 6.19. The van der Waals surface area contributed by atoms with Crippen LogP contribution >= 0.6 is 11.6 Å². The number of halogens is 4. The Bertz CT molecular complexity index is 664. The minimum absolute atomic E-state index is 0.129. The second kappa shape index (κ2) is 5.48. The summed E-state index contributed by atoms with van der Waals surface area (Å²) >= 11 is 5.94. The van der Waals surface area contributed by atoms with Gasteiger partial charge in [0.05, 0.1) is 27.7 Å². The van der Waals surface area contributed by atoms with Gasteiger partial charge < -0.3 is 11.1 Å². The van der Waals surface area contributed by atoms with Gasteiger partial charge in [0.25, 0.3) is 0 Å². The fourth-order valence-electron chi connectivity index (χ4n) is 1.93. The summed E-state index contributed by atoms with van der Waals surface area (Å²) in [5.74, 6) is 0.410. The number of hydrogen-bond acceptors (Lipinski definition) is 3. The molecule has 2 aromatic rings. The van der Waals surface area contributed by atoms with E-state index >= 15 is 0 Å². The van der Waals surface area contributed by atoms with Crippen molar-refractivity contribution in [2.75, 3.05) is 11.1 Å². The molecule has 4 nitrogen and oxygen atoms in total. The Morgan fingerprint density at radius 1 is 1.38 bits per heavy atom. The summed E-state index contributed by atoms with van der Waals surface area (Å²) < 4.78 is 39.7. The SMILES string of the molecule is CCc1nn(C)c(Nc2cc(C(F)(F)F)ccc2Cl)c1N. The lowest BCUT2D eigenvalue weighted by atomic mass is 10.2. The molecule has 0 spiro atoms. The highest BCUT2D eigenvalue weighted by Gasteiger charge is 2.31. The van der Waals surface area contributed by atoms with E-state index < -0.39 is 11.7 Å². The van der Waals surface area contributed by atoms with E-state index in [9.17, 15) is 13.2 Å². The largest absolute Gasteiger partial charge is 0.416 e. The van der Waals surface area contributed by atoms with E-state index in [1.54, 1.807) is 7.05 Å². The summed E-state index contributed by atoms with van der Waals surface area (Å²) in [5, 5.41) is 7.18. The van der Waals surface area contributed by atoms with Crippen molar-refractivity contribution in [1.29, 1.82) is 0 Å². The first kappa shape index (κ1) is 15.5. The zero-order chi connectivity index (χ0) is 15.8. The summed E-state index contributed by atoms with van der Waals surface area (Å²) in [6, 6.07) is 3.07. The maximum Gasteiger partial charge on any atom is 0.416 e. The van der Waals surface area contributed by atoms with Gasteiger partial charge in [-0.1, -0.05) is 18.5 Å². The van der Waals surface area contributed by atoms with Crippen LogP contribution in [0.3, 0.4) is 0 Å². The minimum Gasteiger partial charge on any atom is -0.394 e. The first-order chi connectivity index (χ1) is 9.74. The van der Waals surface area contributed by atoms with Crippen LogP contribution in [0.4, 0.5) is 30.4 Å². The van der Waals surface area contributed by atoms with Gasteiger partial charge in [0.2, 0.25) is 0 Å². The normalized spacial score (nSPS) is 11.7. The number of nitrogens with two attached hydrogens (primary N) is 1. The Balaban J connectivity index is 2.42. The van der Waals surface area contributed by atoms with Crippen LogP contribution in [0.15, 0.2) is 18.2 Å². The standard InChI is InChI=1S/C13H14ClF3N4/c1-3-9-11(18)12(21(2)20-9)19-10-6-7(13(15,16)17)4-5-8(10)14/h4-6,19H,3,18H2,1-2H3. The molecule has 0 fully saturated rings. The van der Waals surface area contributed by atoms with Crippen LogP contribution in [0.25, 0.3) is 0 Å². The highest BCUT2D eigenvalue weighted by atomic mass is 35.5. The lowest BCUT2D eigenvalue weighted by molar-refractivity contribution is -0.137. The van der Waals surface area contributed by atoms with Gasteiger partial charge >= 0.3 is 6.18 Å². The van der Waals surface area contributed by atoms with Crippen LogP contribution in [-0.2, 0) is 19.6 Å². The molecule has 0 radical (unpaired) electrons. The summed E-state index contributed by atoms with van der Waals surface area (Å²) in [6.07, 6.45) is -3.81. The summed E-state index contributed by atoms with van der Waals surface area (Å²) in [4.78, 5) is 0. The quantitative estimate of drug-likeness (QED) is 0.900. The Kier molecular flexibility index (Phi) is 4.04. The molecular formula is C13H14ClF3N4. The number of alkyl halides is 3. The third kappa shape index (κ3) is 3.07. The zero-order valence-corrected chi connectivity index (χ0v) is 12.2. The predicted molar refractivity (Wildman–Crippen MR) is 76.7 cm³/mol. The molecule has 114 valence electrons. The topological polar surface area (TPSA) is 55.9 Å². The predicted octanol–water partition coefficient (Wildman–Crippen LogP) is 3.98. The number of aryl methyl sites for hydroxylation is 2. The van der Waals surface area contributed by atoms with E-state index in [4.69, 9.17) is 17.3 Å². The van der Waals surface area contributed by atoms with Crippen molar-refractivity contribution in [2.24, 2.45) is 7.05 Å². The van der Waals surface area contributed by atoms with Crippen LogP contribution in [0.2, 0.25) is 5.02 Å². The van der Waals surface area contributed by atoms with E-state index in [0.717, 1.165) is 12.1 Å². The molecule has 0 atom stereocenters. The third-order valence-electron chi connectivity index (χ3n) is 3.04. The Morgan fingerprint density at radius 2 is 2.05 bits per heavy atom. The van der Waals surface area contributed by atoms with Crippen LogP contribution in [-0.4, -0.2) is 9.78 Å². The second-order valence-corrected chi connectivity index (χ2v) is 4.91. The second-order valence-electron chi connectivity index (χ2n) is 4.50. The molecule has 0 amide bonds. The first-order valence-corrected chi connectivity index (χ1v) is 6.57. The maximum absolute atomic E-state index is 12.7. The molecule has 0 saturated carbocycles. The molecule has 0 bridgehead atoms.